The topological polar surface area (TPSA) is 105 Å². The van der Waals surface area contributed by atoms with Crippen LogP contribution in [-0.4, -0.2) is 83.6 Å². The summed E-state index contributed by atoms with van der Waals surface area (Å²) in [6.07, 6.45) is 6.94. The third kappa shape index (κ3) is 4.16. The fourth-order valence-electron chi connectivity index (χ4n) is 5.86. The van der Waals surface area contributed by atoms with Crippen molar-refractivity contribution in [1.29, 1.82) is 0 Å². The molecule has 0 aromatic carbocycles. The molecule has 1 spiro atoms. The molecule has 1 atom stereocenters. The molecule has 38 heavy (non-hydrogen) atoms. The zero-order valence-electron chi connectivity index (χ0n) is 21.9. The highest BCUT2D eigenvalue weighted by molar-refractivity contribution is 5.95. The lowest BCUT2D eigenvalue weighted by atomic mass is 9.92. The zero-order chi connectivity index (χ0) is 26.5. The fourth-order valence-corrected chi connectivity index (χ4v) is 5.86. The van der Waals surface area contributed by atoms with Crippen molar-refractivity contribution in [2.75, 3.05) is 50.8 Å². The Bertz CT molecular complexity index is 1250. The third-order valence-corrected chi connectivity index (χ3v) is 8.20. The van der Waals surface area contributed by atoms with Crippen LogP contribution in [0.3, 0.4) is 0 Å². The average molecular weight is 520 g/mol. The van der Waals surface area contributed by atoms with E-state index >= 15 is 0 Å². The molecule has 2 amide bonds. The van der Waals surface area contributed by atoms with Gasteiger partial charge in [-0.25, -0.2) is 14.6 Å². The Balaban J connectivity index is 1.09. The van der Waals surface area contributed by atoms with Crippen LogP contribution in [0.1, 0.15) is 54.6 Å². The summed E-state index contributed by atoms with van der Waals surface area (Å²) in [5, 5.41) is 0. The second kappa shape index (κ2) is 9.25. The monoisotopic (exact) mass is 519 g/mol. The number of anilines is 1. The van der Waals surface area contributed by atoms with Gasteiger partial charge in [0.25, 0.3) is 0 Å². The summed E-state index contributed by atoms with van der Waals surface area (Å²) in [4.78, 5) is 52.9. The van der Waals surface area contributed by atoms with Crippen molar-refractivity contribution in [2.24, 2.45) is 5.92 Å². The summed E-state index contributed by atoms with van der Waals surface area (Å²) in [5.74, 6) is 0.869. The fraction of sp³-hybridized carbons (Fsp3) is 0.536. The average Bonchev–Trinajstić information content (AvgIpc) is 3.57. The van der Waals surface area contributed by atoms with E-state index in [0.717, 1.165) is 29.8 Å². The van der Waals surface area contributed by atoms with Crippen LogP contribution in [0, 0.1) is 5.92 Å². The van der Waals surface area contributed by atoms with Crippen molar-refractivity contribution >= 4 is 23.8 Å². The minimum atomic E-state index is -0.771. The van der Waals surface area contributed by atoms with Crippen LogP contribution in [0.2, 0.25) is 0 Å². The maximum atomic E-state index is 13.7. The highest BCUT2D eigenvalue weighted by atomic mass is 16.6. The molecule has 3 aliphatic heterocycles. The number of hydrogen-bond donors (Lipinski definition) is 0. The van der Waals surface area contributed by atoms with Crippen LogP contribution < -0.4 is 4.90 Å². The zero-order valence-corrected chi connectivity index (χ0v) is 21.9. The molecule has 200 valence electrons. The Morgan fingerprint density at radius 1 is 1.03 bits per heavy atom. The number of pyridine rings is 2. The molecule has 0 unspecified atom stereocenters. The summed E-state index contributed by atoms with van der Waals surface area (Å²) in [6, 6.07) is 5.82. The third-order valence-electron chi connectivity index (χ3n) is 8.20. The van der Waals surface area contributed by atoms with Gasteiger partial charge in [0.1, 0.15) is 5.82 Å². The van der Waals surface area contributed by atoms with E-state index in [2.05, 4.69) is 9.88 Å². The van der Waals surface area contributed by atoms with Gasteiger partial charge in [-0.05, 0) is 36.5 Å². The predicted octanol–water partition coefficient (Wildman–Crippen LogP) is 2.72. The summed E-state index contributed by atoms with van der Waals surface area (Å²) >= 11 is 0. The number of esters is 1. The lowest BCUT2D eigenvalue weighted by Gasteiger charge is -2.35. The van der Waals surface area contributed by atoms with Gasteiger partial charge in [0, 0.05) is 63.3 Å². The van der Waals surface area contributed by atoms with E-state index in [-0.39, 0.29) is 18.0 Å². The minimum Gasteiger partial charge on any atom is -0.449 e. The molecule has 5 heterocycles. The number of carbonyl (C=O) groups is 3. The largest absolute Gasteiger partial charge is 0.449 e. The first kappa shape index (κ1) is 24.6. The molecule has 4 aliphatic rings. The molecule has 10 nitrogen and oxygen atoms in total. The standard InChI is InChI=1S/C28H33N5O5/c1-19(2)17-37-26(36)32-13-11-31(12-14-32)23-4-3-20(15-30-23)27(6-7-27)25(35)33-10-8-28(18-33)22-5-9-29-16-21(22)24(34)38-28/h3-5,9,15-16,19H,6-8,10-14,17-18H2,1-2H3/t28-/m0/s1. The van der Waals surface area contributed by atoms with E-state index in [4.69, 9.17) is 14.5 Å². The van der Waals surface area contributed by atoms with Crippen molar-refractivity contribution in [3.63, 3.8) is 0 Å². The van der Waals surface area contributed by atoms with Gasteiger partial charge in [-0.3, -0.25) is 9.78 Å². The minimum absolute atomic E-state index is 0.0796. The van der Waals surface area contributed by atoms with E-state index in [1.54, 1.807) is 17.3 Å². The van der Waals surface area contributed by atoms with Crippen molar-refractivity contribution < 1.29 is 23.9 Å². The lowest BCUT2D eigenvalue weighted by molar-refractivity contribution is -0.134. The molecule has 6 rings (SSSR count). The van der Waals surface area contributed by atoms with E-state index in [1.165, 1.54) is 0 Å². The normalized spacial score (nSPS) is 23.6. The molecule has 1 saturated carbocycles. The number of aromatic nitrogens is 2. The Kier molecular flexibility index (Phi) is 6.00. The number of amides is 2. The number of likely N-dealkylation sites (tertiary alicyclic amines) is 1. The van der Waals surface area contributed by atoms with Crippen molar-refractivity contribution in [1.82, 2.24) is 19.8 Å². The molecule has 0 bridgehead atoms. The maximum absolute atomic E-state index is 13.7. The predicted molar refractivity (Wildman–Crippen MR) is 138 cm³/mol. The van der Waals surface area contributed by atoms with E-state index in [1.807, 2.05) is 43.1 Å². The van der Waals surface area contributed by atoms with E-state index < -0.39 is 11.0 Å². The number of fused-ring (bicyclic) bond motifs is 2. The summed E-state index contributed by atoms with van der Waals surface area (Å²) in [6.45, 7) is 7.91. The summed E-state index contributed by atoms with van der Waals surface area (Å²) < 4.78 is 11.2. The number of carbonyl (C=O) groups excluding carboxylic acids is 3. The quantitative estimate of drug-likeness (QED) is 0.556. The molecule has 2 saturated heterocycles. The first-order chi connectivity index (χ1) is 18.3. The number of rotatable bonds is 5. The van der Waals surface area contributed by atoms with Crippen molar-refractivity contribution in [3.05, 3.63) is 53.5 Å². The van der Waals surface area contributed by atoms with Crippen LogP contribution in [-0.2, 0) is 25.3 Å². The highest BCUT2D eigenvalue weighted by Gasteiger charge is 2.58. The second-order valence-corrected chi connectivity index (χ2v) is 11.2. The van der Waals surface area contributed by atoms with Gasteiger partial charge in [0.2, 0.25) is 5.91 Å². The molecule has 10 heteroatoms. The molecular weight excluding hydrogens is 486 g/mol. The van der Waals surface area contributed by atoms with Gasteiger partial charge in [0.05, 0.1) is 24.1 Å². The maximum Gasteiger partial charge on any atom is 0.409 e. The number of piperazine rings is 1. The number of ether oxygens (including phenoxy) is 2. The smallest absolute Gasteiger partial charge is 0.409 e. The van der Waals surface area contributed by atoms with E-state index in [9.17, 15) is 14.4 Å². The molecular formula is C28H33N5O5. The number of nitrogens with zero attached hydrogens (tertiary/aromatic N) is 5. The van der Waals surface area contributed by atoms with Gasteiger partial charge >= 0.3 is 12.1 Å². The molecule has 2 aromatic heterocycles. The van der Waals surface area contributed by atoms with Gasteiger partial charge in [-0.2, -0.15) is 0 Å². The molecule has 0 N–H and O–H groups in total. The Hall–Kier alpha value is -3.69. The van der Waals surface area contributed by atoms with Crippen LogP contribution in [0.5, 0.6) is 0 Å². The molecule has 1 aliphatic carbocycles. The number of hydrogen-bond acceptors (Lipinski definition) is 8. The Labute approximate surface area is 221 Å². The van der Waals surface area contributed by atoms with Gasteiger partial charge in [-0.1, -0.05) is 19.9 Å². The van der Waals surface area contributed by atoms with Gasteiger partial charge in [-0.15, -0.1) is 0 Å². The van der Waals surface area contributed by atoms with Crippen LogP contribution in [0.4, 0.5) is 10.6 Å². The lowest BCUT2D eigenvalue weighted by Crippen LogP contribution is -2.49. The Morgan fingerprint density at radius 3 is 2.50 bits per heavy atom. The molecule has 2 aromatic rings. The van der Waals surface area contributed by atoms with Gasteiger partial charge in [0.15, 0.2) is 5.60 Å². The van der Waals surface area contributed by atoms with Gasteiger partial charge < -0.3 is 24.2 Å². The second-order valence-electron chi connectivity index (χ2n) is 11.2. The van der Waals surface area contributed by atoms with Crippen LogP contribution >= 0.6 is 0 Å². The molecule has 0 radical (unpaired) electrons. The first-order valence-electron chi connectivity index (χ1n) is 13.4. The van der Waals surface area contributed by atoms with Crippen LogP contribution in [0.25, 0.3) is 0 Å². The van der Waals surface area contributed by atoms with Crippen molar-refractivity contribution in [2.45, 2.75) is 44.1 Å². The first-order valence-corrected chi connectivity index (χ1v) is 13.4. The summed E-state index contributed by atoms with van der Waals surface area (Å²) in [7, 11) is 0. The Morgan fingerprint density at radius 2 is 1.82 bits per heavy atom. The highest BCUT2D eigenvalue weighted by Crippen LogP contribution is 2.52. The van der Waals surface area contributed by atoms with Crippen LogP contribution in [0.15, 0.2) is 36.8 Å². The summed E-state index contributed by atoms with van der Waals surface area (Å²) in [5.41, 5.74) is 0.927. The molecule has 3 fully saturated rings. The van der Waals surface area contributed by atoms with E-state index in [0.29, 0.717) is 63.8 Å². The SMILES string of the molecule is CC(C)COC(=O)N1CCN(c2ccc(C3(C(=O)N4CC[C@@]5(C4)OC(=O)c4cnccc45)CC3)cn2)CC1. The van der Waals surface area contributed by atoms with Crippen molar-refractivity contribution in [3.8, 4) is 0 Å².